The number of hydrogen-bond acceptors (Lipinski definition) is 2. The minimum atomic E-state index is 0.671. The SMILES string of the molecule is CCC(C)CN(C)C(C)CNC1CC1. The molecule has 84 valence electrons. The summed E-state index contributed by atoms with van der Waals surface area (Å²) >= 11 is 0. The number of nitrogens with one attached hydrogen (secondary N) is 1. The van der Waals surface area contributed by atoms with Crippen LogP contribution in [0.4, 0.5) is 0 Å². The number of likely N-dealkylation sites (N-methyl/N-ethyl adjacent to an activating group) is 1. The predicted molar refractivity (Wildman–Crippen MR) is 62.6 cm³/mol. The Hall–Kier alpha value is -0.0800. The molecule has 1 aliphatic rings. The van der Waals surface area contributed by atoms with Gasteiger partial charge in [0.1, 0.15) is 0 Å². The molecule has 2 nitrogen and oxygen atoms in total. The van der Waals surface area contributed by atoms with Crippen molar-refractivity contribution in [2.24, 2.45) is 5.92 Å². The lowest BCUT2D eigenvalue weighted by Crippen LogP contribution is -2.40. The molecule has 1 rings (SSSR count). The largest absolute Gasteiger partial charge is 0.312 e. The summed E-state index contributed by atoms with van der Waals surface area (Å²) < 4.78 is 0. The molecule has 14 heavy (non-hydrogen) atoms. The summed E-state index contributed by atoms with van der Waals surface area (Å²) in [6.45, 7) is 9.29. The van der Waals surface area contributed by atoms with Gasteiger partial charge in [0, 0.05) is 25.2 Å². The van der Waals surface area contributed by atoms with Crippen molar-refractivity contribution in [1.29, 1.82) is 0 Å². The maximum Gasteiger partial charge on any atom is 0.0189 e. The Bertz CT molecular complexity index is 154. The van der Waals surface area contributed by atoms with E-state index < -0.39 is 0 Å². The van der Waals surface area contributed by atoms with E-state index >= 15 is 0 Å². The third kappa shape index (κ3) is 4.43. The minimum absolute atomic E-state index is 0.671. The normalized spacial score (nSPS) is 21.2. The zero-order valence-electron chi connectivity index (χ0n) is 10.2. The Balaban J connectivity index is 2.10. The van der Waals surface area contributed by atoms with Gasteiger partial charge in [-0.2, -0.15) is 0 Å². The lowest BCUT2D eigenvalue weighted by molar-refractivity contribution is 0.217. The standard InChI is InChI=1S/C12H26N2/c1-5-10(2)9-14(4)11(3)8-13-12-6-7-12/h10-13H,5-9H2,1-4H3. The van der Waals surface area contributed by atoms with E-state index in [1.165, 1.54) is 25.8 Å². The Labute approximate surface area is 89.1 Å². The van der Waals surface area contributed by atoms with E-state index in [2.05, 4.69) is 38.0 Å². The van der Waals surface area contributed by atoms with Crippen LogP contribution < -0.4 is 5.32 Å². The van der Waals surface area contributed by atoms with Crippen LogP contribution in [-0.4, -0.2) is 37.1 Å². The molecule has 0 aromatic heterocycles. The molecule has 0 bridgehead atoms. The highest BCUT2D eigenvalue weighted by Crippen LogP contribution is 2.18. The first kappa shape index (κ1) is 12.0. The zero-order chi connectivity index (χ0) is 10.6. The van der Waals surface area contributed by atoms with Crippen molar-refractivity contribution in [3.05, 3.63) is 0 Å². The molecule has 0 saturated heterocycles. The molecule has 0 aromatic carbocycles. The monoisotopic (exact) mass is 198 g/mol. The highest BCUT2D eigenvalue weighted by molar-refractivity contribution is 4.82. The second-order valence-corrected chi connectivity index (χ2v) is 4.98. The van der Waals surface area contributed by atoms with Gasteiger partial charge in [0.05, 0.1) is 0 Å². The number of nitrogens with zero attached hydrogens (tertiary/aromatic N) is 1. The lowest BCUT2D eigenvalue weighted by Gasteiger charge is -2.27. The topological polar surface area (TPSA) is 15.3 Å². The van der Waals surface area contributed by atoms with E-state index in [1.807, 2.05) is 0 Å². The summed E-state index contributed by atoms with van der Waals surface area (Å²) in [6, 6.07) is 1.51. The van der Waals surface area contributed by atoms with E-state index in [4.69, 9.17) is 0 Å². The van der Waals surface area contributed by atoms with Gasteiger partial charge in [-0.25, -0.2) is 0 Å². The van der Waals surface area contributed by atoms with Crippen molar-refractivity contribution in [3.8, 4) is 0 Å². The van der Waals surface area contributed by atoms with Crippen LogP contribution in [0.2, 0.25) is 0 Å². The highest BCUT2D eigenvalue weighted by atomic mass is 15.1. The maximum atomic E-state index is 3.59. The average Bonchev–Trinajstić information content (AvgIpc) is 2.97. The molecule has 0 spiro atoms. The van der Waals surface area contributed by atoms with Crippen LogP contribution in [-0.2, 0) is 0 Å². The van der Waals surface area contributed by atoms with Crippen molar-refractivity contribution in [1.82, 2.24) is 10.2 Å². The van der Waals surface area contributed by atoms with Crippen molar-refractivity contribution < 1.29 is 0 Å². The molecule has 0 amide bonds. The molecular weight excluding hydrogens is 172 g/mol. The Morgan fingerprint density at radius 2 is 2.00 bits per heavy atom. The Morgan fingerprint density at radius 1 is 1.36 bits per heavy atom. The molecule has 0 aromatic rings. The van der Waals surface area contributed by atoms with Crippen LogP contribution in [0.25, 0.3) is 0 Å². The Kier molecular flexibility index (Phi) is 4.90. The first-order chi connectivity index (χ1) is 6.63. The maximum absolute atomic E-state index is 3.59. The third-order valence-corrected chi connectivity index (χ3v) is 3.33. The molecule has 0 radical (unpaired) electrons. The van der Waals surface area contributed by atoms with Gasteiger partial charge in [-0.15, -0.1) is 0 Å². The van der Waals surface area contributed by atoms with Crippen molar-refractivity contribution in [2.45, 2.75) is 52.1 Å². The molecule has 1 saturated carbocycles. The van der Waals surface area contributed by atoms with Gasteiger partial charge in [-0.05, 0) is 32.7 Å². The lowest BCUT2D eigenvalue weighted by atomic mass is 10.1. The average molecular weight is 198 g/mol. The molecule has 1 fully saturated rings. The molecular formula is C12H26N2. The Morgan fingerprint density at radius 3 is 2.50 bits per heavy atom. The fourth-order valence-electron chi connectivity index (χ4n) is 1.58. The highest BCUT2D eigenvalue weighted by Gasteiger charge is 2.21. The summed E-state index contributed by atoms with van der Waals surface area (Å²) in [4.78, 5) is 2.48. The van der Waals surface area contributed by atoms with Crippen LogP contribution in [0.15, 0.2) is 0 Å². The summed E-state index contributed by atoms with van der Waals surface area (Å²) in [5, 5.41) is 3.59. The molecule has 2 heteroatoms. The van der Waals surface area contributed by atoms with Crippen molar-refractivity contribution in [3.63, 3.8) is 0 Å². The second-order valence-electron chi connectivity index (χ2n) is 4.98. The minimum Gasteiger partial charge on any atom is -0.312 e. The molecule has 1 aliphatic carbocycles. The fourth-order valence-corrected chi connectivity index (χ4v) is 1.58. The van der Waals surface area contributed by atoms with Gasteiger partial charge in [0.2, 0.25) is 0 Å². The van der Waals surface area contributed by atoms with E-state index in [-0.39, 0.29) is 0 Å². The van der Waals surface area contributed by atoms with E-state index in [9.17, 15) is 0 Å². The first-order valence-electron chi connectivity index (χ1n) is 6.07. The van der Waals surface area contributed by atoms with E-state index in [1.54, 1.807) is 0 Å². The van der Waals surface area contributed by atoms with Gasteiger partial charge < -0.3 is 10.2 Å². The van der Waals surface area contributed by atoms with Crippen LogP contribution >= 0.6 is 0 Å². The quantitative estimate of drug-likeness (QED) is 0.674. The van der Waals surface area contributed by atoms with Crippen LogP contribution in [0, 0.1) is 5.92 Å². The van der Waals surface area contributed by atoms with Crippen molar-refractivity contribution in [2.75, 3.05) is 20.1 Å². The molecule has 2 unspecified atom stereocenters. The van der Waals surface area contributed by atoms with Gasteiger partial charge >= 0.3 is 0 Å². The molecule has 0 heterocycles. The third-order valence-electron chi connectivity index (χ3n) is 3.33. The van der Waals surface area contributed by atoms with Gasteiger partial charge in [0.15, 0.2) is 0 Å². The van der Waals surface area contributed by atoms with Gasteiger partial charge in [-0.1, -0.05) is 20.3 Å². The summed E-state index contributed by atoms with van der Waals surface area (Å²) in [5.41, 5.74) is 0. The second kappa shape index (κ2) is 5.72. The van der Waals surface area contributed by atoms with E-state index in [0.29, 0.717) is 6.04 Å². The van der Waals surface area contributed by atoms with Crippen LogP contribution in [0.1, 0.15) is 40.0 Å². The smallest absolute Gasteiger partial charge is 0.0189 e. The van der Waals surface area contributed by atoms with Crippen LogP contribution in [0.3, 0.4) is 0 Å². The fraction of sp³-hybridized carbons (Fsp3) is 1.00. The summed E-state index contributed by atoms with van der Waals surface area (Å²) in [6.07, 6.45) is 4.07. The van der Waals surface area contributed by atoms with Crippen molar-refractivity contribution >= 4 is 0 Å². The summed E-state index contributed by atoms with van der Waals surface area (Å²) in [7, 11) is 2.24. The van der Waals surface area contributed by atoms with E-state index in [0.717, 1.165) is 18.5 Å². The predicted octanol–water partition coefficient (Wildman–Crippen LogP) is 2.10. The molecule has 2 atom stereocenters. The number of rotatable bonds is 7. The molecule has 1 N–H and O–H groups in total. The van der Waals surface area contributed by atoms with Gasteiger partial charge in [-0.3, -0.25) is 0 Å². The summed E-state index contributed by atoms with van der Waals surface area (Å²) in [5.74, 6) is 0.823. The first-order valence-corrected chi connectivity index (χ1v) is 6.07. The number of hydrogen-bond donors (Lipinski definition) is 1. The van der Waals surface area contributed by atoms with Crippen LogP contribution in [0.5, 0.6) is 0 Å². The zero-order valence-corrected chi connectivity index (χ0v) is 10.2. The van der Waals surface area contributed by atoms with Gasteiger partial charge in [0.25, 0.3) is 0 Å². The molecule has 0 aliphatic heterocycles.